The van der Waals surface area contributed by atoms with Gasteiger partial charge in [0.15, 0.2) is 0 Å². The largest absolute Gasteiger partial charge is 0.389 e. The van der Waals surface area contributed by atoms with Gasteiger partial charge in [0.05, 0.1) is 6.10 Å². The van der Waals surface area contributed by atoms with Gasteiger partial charge in [0.25, 0.3) is 0 Å². The summed E-state index contributed by atoms with van der Waals surface area (Å²) >= 11 is 0. The fraction of sp³-hybridized carbons (Fsp3) is 0.571. The number of halogens is 1. The molecule has 1 aliphatic heterocycles. The Morgan fingerprint density at radius 3 is 2.59 bits per heavy atom. The topological polar surface area (TPSA) is 23.5 Å². The van der Waals surface area contributed by atoms with E-state index < -0.39 is 6.10 Å². The van der Waals surface area contributed by atoms with Crippen LogP contribution in [0, 0.1) is 11.7 Å². The average Bonchev–Trinajstić information content (AvgIpc) is 2.29. The van der Waals surface area contributed by atoms with Crippen molar-refractivity contribution in [2.45, 2.75) is 32.8 Å². The fourth-order valence-corrected chi connectivity index (χ4v) is 2.46. The van der Waals surface area contributed by atoms with Gasteiger partial charge in [-0.2, -0.15) is 0 Å². The van der Waals surface area contributed by atoms with Gasteiger partial charge in [0.1, 0.15) is 5.82 Å². The summed E-state index contributed by atoms with van der Waals surface area (Å²) in [5.41, 5.74) is 1.29. The van der Waals surface area contributed by atoms with Crippen molar-refractivity contribution in [3.8, 4) is 0 Å². The van der Waals surface area contributed by atoms with Crippen LogP contribution in [-0.2, 0) is 0 Å². The minimum absolute atomic E-state index is 0.309. The molecule has 94 valence electrons. The first-order chi connectivity index (χ1) is 8.09. The Morgan fingerprint density at radius 1 is 1.35 bits per heavy atom. The molecule has 1 N–H and O–H groups in total. The van der Waals surface area contributed by atoms with Crippen LogP contribution in [0.1, 0.15) is 38.4 Å². The average molecular weight is 237 g/mol. The third kappa shape index (κ3) is 2.60. The monoisotopic (exact) mass is 237 g/mol. The zero-order valence-electron chi connectivity index (χ0n) is 10.5. The van der Waals surface area contributed by atoms with E-state index in [2.05, 4.69) is 11.8 Å². The molecule has 17 heavy (non-hydrogen) atoms. The summed E-state index contributed by atoms with van der Waals surface area (Å²) in [4.78, 5) is 2.19. The second-order valence-corrected chi connectivity index (χ2v) is 5.02. The van der Waals surface area contributed by atoms with Crippen molar-refractivity contribution in [2.24, 2.45) is 5.92 Å². The van der Waals surface area contributed by atoms with Crippen molar-refractivity contribution in [1.82, 2.24) is 0 Å². The van der Waals surface area contributed by atoms with E-state index in [0.717, 1.165) is 37.5 Å². The number of piperidine rings is 1. The summed E-state index contributed by atoms with van der Waals surface area (Å²) in [5.74, 6) is 0.436. The normalized spacial score (nSPS) is 19.4. The number of hydrogen-bond acceptors (Lipinski definition) is 2. The van der Waals surface area contributed by atoms with Crippen molar-refractivity contribution in [2.75, 3.05) is 18.0 Å². The SMILES string of the molecule is CC1CCN(c2cccc(F)c2C(C)O)CC1. The molecule has 0 amide bonds. The Morgan fingerprint density at radius 2 is 2.00 bits per heavy atom. The summed E-state index contributed by atoms with van der Waals surface area (Å²) in [6, 6.07) is 5.04. The molecule has 1 atom stereocenters. The Hall–Kier alpha value is -1.09. The van der Waals surface area contributed by atoms with Crippen molar-refractivity contribution < 1.29 is 9.50 Å². The molecule has 1 heterocycles. The first-order valence-corrected chi connectivity index (χ1v) is 6.31. The molecule has 0 aliphatic carbocycles. The maximum Gasteiger partial charge on any atom is 0.131 e. The molecule has 0 spiro atoms. The molecule has 1 saturated heterocycles. The van der Waals surface area contributed by atoms with Gasteiger partial charge in [-0.05, 0) is 37.8 Å². The van der Waals surface area contributed by atoms with E-state index in [1.165, 1.54) is 6.07 Å². The minimum Gasteiger partial charge on any atom is -0.389 e. The van der Waals surface area contributed by atoms with Crippen LogP contribution >= 0.6 is 0 Å². The Kier molecular flexibility index (Phi) is 3.67. The molecule has 0 radical (unpaired) electrons. The van der Waals surface area contributed by atoms with Crippen LogP contribution < -0.4 is 4.90 Å². The number of anilines is 1. The number of rotatable bonds is 2. The third-order valence-electron chi connectivity index (χ3n) is 3.57. The van der Waals surface area contributed by atoms with Gasteiger partial charge in [0.2, 0.25) is 0 Å². The van der Waals surface area contributed by atoms with Crippen molar-refractivity contribution >= 4 is 5.69 Å². The predicted molar refractivity (Wildman–Crippen MR) is 67.6 cm³/mol. The Bertz CT molecular complexity index is 384. The lowest BCUT2D eigenvalue weighted by Crippen LogP contribution is -2.33. The fourth-order valence-electron chi connectivity index (χ4n) is 2.46. The van der Waals surface area contributed by atoms with E-state index in [1.54, 1.807) is 13.0 Å². The van der Waals surface area contributed by atoms with Crippen LogP contribution in [-0.4, -0.2) is 18.2 Å². The lowest BCUT2D eigenvalue weighted by atomic mass is 9.97. The number of nitrogens with zero attached hydrogens (tertiary/aromatic N) is 1. The quantitative estimate of drug-likeness (QED) is 0.854. The number of benzene rings is 1. The molecule has 3 heteroatoms. The first kappa shape index (κ1) is 12.4. The highest BCUT2D eigenvalue weighted by Gasteiger charge is 2.21. The van der Waals surface area contributed by atoms with Gasteiger partial charge in [0, 0.05) is 24.3 Å². The van der Waals surface area contributed by atoms with E-state index in [4.69, 9.17) is 0 Å². The van der Waals surface area contributed by atoms with E-state index in [1.807, 2.05) is 6.07 Å². The van der Waals surface area contributed by atoms with Crippen LogP contribution in [0.4, 0.5) is 10.1 Å². The van der Waals surface area contributed by atoms with E-state index >= 15 is 0 Å². The van der Waals surface area contributed by atoms with Crippen LogP contribution in [0.25, 0.3) is 0 Å². The zero-order valence-corrected chi connectivity index (χ0v) is 10.5. The van der Waals surface area contributed by atoms with Gasteiger partial charge in [-0.25, -0.2) is 4.39 Å². The molecule has 1 aromatic rings. The lowest BCUT2D eigenvalue weighted by molar-refractivity contribution is 0.194. The summed E-state index contributed by atoms with van der Waals surface area (Å²) in [5, 5.41) is 9.70. The summed E-state index contributed by atoms with van der Waals surface area (Å²) in [6.07, 6.45) is 1.51. The standard InChI is InChI=1S/C14H20FNO/c1-10-6-8-16(9-7-10)13-5-3-4-12(15)14(13)11(2)17/h3-5,10-11,17H,6-9H2,1-2H3. The van der Waals surface area contributed by atoms with Crippen molar-refractivity contribution in [3.05, 3.63) is 29.6 Å². The van der Waals surface area contributed by atoms with E-state index in [0.29, 0.717) is 5.56 Å². The molecule has 0 bridgehead atoms. The number of hydrogen-bond donors (Lipinski definition) is 1. The van der Waals surface area contributed by atoms with Gasteiger partial charge >= 0.3 is 0 Å². The van der Waals surface area contributed by atoms with Crippen molar-refractivity contribution in [1.29, 1.82) is 0 Å². The Labute approximate surface area is 102 Å². The van der Waals surface area contributed by atoms with Crippen molar-refractivity contribution in [3.63, 3.8) is 0 Å². The summed E-state index contributed by atoms with van der Waals surface area (Å²) in [6.45, 7) is 5.77. The predicted octanol–water partition coefficient (Wildman–Crippen LogP) is 3.12. The number of aliphatic hydroxyl groups is 1. The highest BCUT2D eigenvalue weighted by Crippen LogP contribution is 2.31. The van der Waals surface area contributed by atoms with Gasteiger partial charge in [-0.15, -0.1) is 0 Å². The lowest BCUT2D eigenvalue weighted by Gasteiger charge is -2.34. The van der Waals surface area contributed by atoms with E-state index in [-0.39, 0.29) is 5.82 Å². The minimum atomic E-state index is -0.759. The highest BCUT2D eigenvalue weighted by molar-refractivity contribution is 5.55. The third-order valence-corrected chi connectivity index (χ3v) is 3.57. The first-order valence-electron chi connectivity index (χ1n) is 6.31. The Balaban J connectivity index is 2.28. The maximum absolute atomic E-state index is 13.7. The molecule has 0 saturated carbocycles. The summed E-state index contributed by atoms with van der Waals surface area (Å²) in [7, 11) is 0. The van der Waals surface area contributed by atoms with Crippen LogP contribution in [0.3, 0.4) is 0 Å². The van der Waals surface area contributed by atoms with Gasteiger partial charge in [-0.1, -0.05) is 13.0 Å². The molecule has 1 unspecified atom stereocenters. The molecule has 0 aromatic heterocycles. The molecular formula is C14H20FNO. The van der Waals surface area contributed by atoms with Gasteiger partial charge < -0.3 is 10.0 Å². The maximum atomic E-state index is 13.7. The molecule has 2 rings (SSSR count). The second kappa shape index (κ2) is 5.05. The second-order valence-electron chi connectivity index (χ2n) is 5.02. The summed E-state index contributed by atoms with van der Waals surface area (Å²) < 4.78 is 13.7. The van der Waals surface area contributed by atoms with Crippen LogP contribution in [0.2, 0.25) is 0 Å². The molecule has 1 aromatic carbocycles. The highest BCUT2D eigenvalue weighted by atomic mass is 19.1. The molecule has 2 nitrogen and oxygen atoms in total. The molecular weight excluding hydrogens is 217 g/mol. The smallest absolute Gasteiger partial charge is 0.131 e. The van der Waals surface area contributed by atoms with Crippen LogP contribution in [0.15, 0.2) is 18.2 Å². The van der Waals surface area contributed by atoms with Crippen LogP contribution in [0.5, 0.6) is 0 Å². The van der Waals surface area contributed by atoms with Gasteiger partial charge in [-0.3, -0.25) is 0 Å². The number of aliphatic hydroxyl groups excluding tert-OH is 1. The molecule has 1 aliphatic rings. The molecule has 1 fully saturated rings. The zero-order chi connectivity index (χ0) is 12.4. The van der Waals surface area contributed by atoms with E-state index in [9.17, 15) is 9.50 Å².